The largest absolute Gasteiger partial charge is 0.282 e. The Labute approximate surface area is 211 Å². The molecule has 0 radical (unpaired) electrons. The number of hydrogen-bond donors (Lipinski definition) is 0. The number of amides is 3. The number of carbonyl (C=O) groups excluding carboxylic acids is 3. The molecule has 1 saturated heterocycles. The topological polar surface area (TPSA) is 101 Å². The molecular weight excluding hydrogens is 582 g/mol. The lowest BCUT2D eigenvalue weighted by molar-refractivity contribution is -0.385. The minimum atomic E-state index is -0.826. The number of rotatable bonds is 5. The van der Waals surface area contributed by atoms with Gasteiger partial charge in [-0.15, -0.1) is 0 Å². The fourth-order valence-corrected chi connectivity index (χ4v) is 5.72. The Hall–Kier alpha value is -2.30. The average molecular weight is 600 g/mol. The number of benzene rings is 2. The smallest absolute Gasteiger partial charge is 0.272 e. The van der Waals surface area contributed by atoms with Gasteiger partial charge in [-0.3, -0.25) is 24.5 Å². The number of imide groups is 1. The summed E-state index contributed by atoms with van der Waals surface area (Å²) in [6.07, 6.45) is 0.864. The van der Waals surface area contributed by atoms with Crippen LogP contribution in [0.15, 0.2) is 48.5 Å². The SMILES string of the molecule is O=C(c1ccccc1[N+](=O)[O-])N(Cc1ccccc1Cl)N1C(=O)[C@@H]2C[C@@H](Br)[C@@H](Br)C[C@H]2C1=O. The van der Waals surface area contributed by atoms with Crippen molar-refractivity contribution in [2.24, 2.45) is 11.8 Å². The molecule has 8 nitrogen and oxygen atoms in total. The summed E-state index contributed by atoms with van der Waals surface area (Å²) >= 11 is 13.4. The number of nitro benzene ring substituents is 1. The van der Waals surface area contributed by atoms with E-state index in [2.05, 4.69) is 31.9 Å². The predicted molar refractivity (Wildman–Crippen MR) is 128 cm³/mol. The van der Waals surface area contributed by atoms with Crippen LogP contribution in [-0.4, -0.2) is 42.3 Å². The second-order valence-corrected chi connectivity index (χ2v) is 10.7. The van der Waals surface area contributed by atoms with Gasteiger partial charge in [-0.2, -0.15) is 5.01 Å². The first kappa shape index (κ1) is 23.8. The van der Waals surface area contributed by atoms with Gasteiger partial charge in [0.15, 0.2) is 0 Å². The summed E-state index contributed by atoms with van der Waals surface area (Å²) in [5, 5.41) is 13.7. The first-order valence-corrected chi connectivity index (χ1v) is 12.4. The van der Waals surface area contributed by atoms with E-state index < -0.39 is 40.2 Å². The molecular formula is C22H18Br2ClN3O5. The molecule has 1 aliphatic carbocycles. The van der Waals surface area contributed by atoms with E-state index in [1.54, 1.807) is 24.3 Å². The molecule has 11 heteroatoms. The van der Waals surface area contributed by atoms with Crippen molar-refractivity contribution in [2.45, 2.75) is 29.0 Å². The van der Waals surface area contributed by atoms with Crippen molar-refractivity contribution in [3.63, 3.8) is 0 Å². The summed E-state index contributed by atoms with van der Waals surface area (Å²) in [5.41, 5.74) is -0.135. The number of hydrogen-bond acceptors (Lipinski definition) is 5. The molecule has 2 aliphatic rings. The van der Waals surface area contributed by atoms with Crippen LogP contribution in [-0.2, 0) is 16.1 Å². The molecule has 4 rings (SSSR count). The van der Waals surface area contributed by atoms with Crippen LogP contribution in [0.3, 0.4) is 0 Å². The minimum absolute atomic E-state index is 0.00150. The highest BCUT2D eigenvalue weighted by molar-refractivity contribution is 9.12. The number of halogens is 3. The van der Waals surface area contributed by atoms with Crippen molar-refractivity contribution in [3.8, 4) is 0 Å². The zero-order chi connectivity index (χ0) is 23.9. The van der Waals surface area contributed by atoms with Crippen LogP contribution in [0.2, 0.25) is 5.02 Å². The standard InChI is InChI=1S/C22H18Br2ClN3O5/c23-16-9-14-15(10-17(16)24)22(31)27(21(14)30)26(11-12-5-1-3-7-18(12)25)20(29)13-6-2-4-8-19(13)28(32)33/h1-8,14-17H,9-11H2/t14-,15-,16-,17+/m1/s1. The average Bonchev–Trinajstić information content (AvgIpc) is 3.02. The molecule has 0 unspecified atom stereocenters. The monoisotopic (exact) mass is 597 g/mol. The Kier molecular flexibility index (Phi) is 6.88. The van der Waals surface area contributed by atoms with Gasteiger partial charge in [-0.25, -0.2) is 5.01 Å². The van der Waals surface area contributed by atoms with Gasteiger partial charge in [0.1, 0.15) is 5.56 Å². The van der Waals surface area contributed by atoms with Gasteiger partial charge in [0.2, 0.25) is 0 Å². The number of hydrazine groups is 1. The fourth-order valence-electron chi connectivity index (χ4n) is 4.29. The second-order valence-electron chi connectivity index (χ2n) is 7.93. The Morgan fingerprint density at radius 3 is 2.15 bits per heavy atom. The highest BCUT2D eigenvalue weighted by atomic mass is 79.9. The van der Waals surface area contributed by atoms with Gasteiger partial charge in [0, 0.05) is 20.7 Å². The van der Waals surface area contributed by atoms with Crippen molar-refractivity contribution >= 4 is 66.9 Å². The molecule has 4 atom stereocenters. The number of alkyl halides is 2. The molecule has 1 aliphatic heterocycles. The highest BCUT2D eigenvalue weighted by Gasteiger charge is 2.54. The molecule has 3 amide bonds. The minimum Gasteiger partial charge on any atom is -0.272 e. The summed E-state index contributed by atoms with van der Waals surface area (Å²) < 4.78 is 0. The Morgan fingerprint density at radius 2 is 1.58 bits per heavy atom. The number of carbonyl (C=O) groups is 3. The predicted octanol–water partition coefficient (Wildman–Crippen LogP) is 4.73. The Balaban J connectivity index is 1.78. The van der Waals surface area contributed by atoms with Crippen molar-refractivity contribution < 1.29 is 19.3 Å². The van der Waals surface area contributed by atoms with E-state index >= 15 is 0 Å². The third kappa shape index (κ3) is 4.43. The fraction of sp³-hybridized carbons (Fsp3) is 0.318. The zero-order valence-corrected chi connectivity index (χ0v) is 21.0. The van der Waals surface area contributed by atoms with Gasteiger partial charge >= 0.3 is 0 Å². The van der Waals surface area contributed by atoms with Crippen LogP contribution < -0.4 is 0 Å². The molecule has 2 aromatic rings. The normalized spacial score (nSPS) is 24.5. The lowest BCUT2D eigenvalue weighted by Crippen LogP contribution is -2.50. The van der Waals surface area contributed by atoms with Crippen molar-refractivity contribution in [1.82, 2.24) is 10.0 Å². The molecule has 0 spiro atoms. The Bertz CT molecular complexity index is 1120. The van der Waals surface area contributed by atoms with Crippen LogP contribution >= 0.6 is 43.5 Å². The Morgan fingerprint density at radius 1 is 1.03 bits per heavy atom. The van der Waals surface area contributed by atoms with Crippen LogP contribution in [0.1, 0.15) is 28.8 Å². The van der Waals surface area contributed by atoms with Crippen LogP contribution in [0.25, 0.3) is 0 Å². The summed E-state index contributed by atoms with van der Waals surface area (Å²) in [5.74, 6) is -2.97. The summed E-state index contributed by atoms with van der Waals surface area (Å²) in [6, 6.07) is 12.2. The van der Waals surface area contributed by atoms with E-state index in [1.807, 2.05) is 0 Å². The highest BCUT2D eigenvalue weighted by Crippen LogP contribution is 2.44. The summed E-state index contributed by atoms with van der Waals surface area (Å²) in [6.45, 7) is -0.197. The van der Waals surface area contributed by atoms with E-state index in [0.29, 0.717) is 23.4 Å². The molecule has 33 heavy (non-hydrogen) atoms. The summed E-state index contributed by atoms with van der Waals surface area (Å²) in [7, 11) is 0. The third-order valence-corrected chi connectivity index (χ3v) is 9.08. The first-order valence-electron chi connectivity index (χ1n) is 10.1. The van der Waals surface area contributed by atoms with E-state index in [4.69, 9.17) is 11.6 Å². The first-order chi connectivity index (χ1) is 15.7. The molecule has 0 aromatic heterocycles. The van der Waals surface area contributed by atoms with Crippen LogP contribution in [0, 0.1) is 22.0 Å². The zero-order valence-electron chi connectivity index (χ0n) is 17.1. The summed E-state index contributed by atoms with van der Waals surface area (Å²) in [4.78, 5) is 51.2. The molecule has 1 heterocycles. The van der Waals surface area contributed by atoms with Crippen molar-refractivity contribution in [2.75, 3.05) is 0 Å². The molecule has 2 aromatic carbocycles. The maximum atomic E-state index is 13.6. The maximum Gasteiger partial charge on any atom is 0.282 e. The molecule has 1 saturated carbocycles. The molecule has 0 bridgehead atoms. The third-order valence-electron chi connectivity index (χ3n) is 5.97. The van der Waals surface area contributed by atoms with Gasteiger partial charge in [0.05, 0.1) is 23.3 Å². The lowest BCUT2D eigenvalue weighted by atomic mass is 9.81. The van der Waals surface area contributed by atoms with Crippen LogP contribution in [0.5, 0.6) is 0 Å². The van der Waals surface area contributed by atoms with E-state index in [1.165, 1.54) is 24.3 Å². The van der Waals surface area contributed by atoms with Gasteiger partial charge in [-0.1, -0.05) is 73.8 Å². The van der Waals surface area contributed by atoms with Crippen molar-refractivity contribution in [1.29, 1.82) is 0 Å². The van der Waals surface area contributed by atoms with Gasteiger partial charge in [0.25, 0.3) is 23.4 Å². The number of fused-ring (bicyclic) bond motifs is 1. The van der Waals surface area contributed by atoms with E-state index in [9.17, 15) is 24.5 Å². The number of nitro groups is 1. The van der Waals surface area contributed by atoms with Crippen molar-refractivity contribution in [3.05, 3.63) is 74.8 Å². The molecule has 0 N–H and O–H groups in total. The molecule has 172 valence electrons. The van der Waals surface area contributed by atoms with Gasteiger partial charge in [-0.05, 0) is 30.5 Å². The second kappa shape index (κ2) is 9.52. The quantitative estimate of drug-likeness (QED) is 0.214. The van der Waals surface area contributed by atoms with E-state index in [-0.39, 0.29) is 21.8 Å². The molecule has 2 fully saturated rings. The van der Waals surface area contributed by atoms with Gasteiger partial charge < -0.3 is 0 Å². The maximum absolute atomic E-state index is 13.6. The van der Waals surface area contributed by atoms with E-state index in [0.717, 1.165) is 10.0 Å². The number of para-hydroxylation sites is 1. The number of nitrogens with zero attached hydrogens (tertiary/aromatic N) is 3. The lowest BCUT2D eigenvalue weighted by Gasteiger charge is -2.30. The van der Waals surface area contributed by atoms with Crippen LogP contribution in [0.4, 0.5) is 5.69 Å².